The number of likely N-dealkylation sites (tertiary alicyclic amines) is 1. The van der Waals surface area contributed by atoms with Crippen LogP contribution in [0.5, 0.6) is 0 Å². The van der Waals surface area contributed by atoms with Gasteiger partial charge in [0.15, 0.2) is 0 Å². The van der Waals surface area contributed by atoms with Crippen molar-refractivity contribution in [2.75, 3.05) is 40.4 Å². The quantitative estimate of drug-likeness (QED) is 0.686. The van der Waals surface area contributed by atoms with Crippen LogP contribution in [0.2, 0.25) is 0 Å². The van der Waals surface area contributed by atoms with Gasteiger partial charge in [0.2, 0.25) is 5.91 Å². The lowest BCUT2D eigenvalue weighted by Crippen LogP contribution is -2.36. The average Bonchev–Trinajstić information content (AvgIpc) is 2.31. The highest BCUT2D eigenvalue weighted by Crippen LogP contribution is 2.20. The van der Waals surface area contributed by atoms with Gasteiger partial charge in [0.05, 0.1) is 0 Å². The van der Waals surface area contributed by atoms with Gasteiger partial charge in [-0.05, 0) is 38.3 Å². The number of piperidine rings is 1. The van der Waals surface area contributed by atoms with Gasteiger partial charge in [-0.2, -0.15) is 0 Å². The molecule has 4 nitrogen and oxygen atoms in total. The number of rotatable bonds is 6. The largest absolute Gasteiger partial charge is 0.385 e. The third kappa shape index (κ3) is 4.94. The van der Waals surface area contributed by atoms with E-state index in [2.05, 4.69) is 10.2 Å². The van der Waals surface area contributed by atoms with Crippen molar-refractivity contribution in [1.82, 2.24) is 10.2 Å². The Hall–Kier alpha value is -0.610. The molecule has 1 aliphatic heterocycles. The standard InChI is InChI=1S/C12H24N2O2/c1-13-12(15)10-11-4-7-14(8-5-11)6-3-9-16-2/h11H,3-10H2,1-2H3,(H,13,15). The summed E-state index contributed by atoms with van der Waals surface area (Å²) in [5.74, 6) is 0.761. The van der Waals surface area contributed by atoms with Crippen LogP contribution in [0.15, 0.2) is 0 Å². The molecule has 0 aromatic heterocycles. The van der Waals surface area contributed by atoms with Crippen molar-refractivity contribution in [2.45, 2.75) is 25.7 Å². The molecule has 0 radical (unpaired) electrons. The lowest BCUT2D eigenvalue weighted by molar-refractivity contribution is -0.121. The Bertz CT molecular complexity index is 201. The van der Waals surface area contributed by atoms with Crippen molar-refractivity contribution in [2.24, 2.45) is 5.92 Å². The van der Waals surface area contributed by atoms with Crippen LogP contribution >= 0.6 is 0 Å². The number of nitrogens with one attached hydrogen (secondary N) is 1. The molecule has 0 atom stereocenters. The monoisotopic (exact) mass is 228 g/mol. The summed E-state index contributed by atoms with van der Waals surface area (Å²) in [7, 11) is 3.46. The van der Waals surface area contributed by atoms with Gasteiger partial charge in [-0.1, -0.05) is 0 Å². The Morgan fingerprint density at radius 1 is 1.44 bits per heavy atom. The molecule has 0 bridgehead atoms. The van der Waals surface area contributed by atoms with Crippen molar-refractivity contribution in [1.29, 1.82) is 0 Å². The van der Waals surface area contributed by atoms with Crippen LogP contribution in [0.1, 0.15) is 25.7 Å². The zero-order chi connectivity index (χ0) is 11.8. The first-order valence-electron chi connectivity index (χ1n) is 6.18. The molecule has 0 aromatic carbocycles. The van der Waals surface area contributed by atoms with E-state index >= 15 is 0 Å². The summed E-state index contributed by atoms with van der Waals surface area (Å²) in [5.41, 5.74) is 0. The maximum Gasteiger partial charge on any atom is 0.220 e. The minimum absolute atomic E-state index is 0.179. The first-order valence-corrected chi connectivity index (χ1v) is 6.18. The summed E-state index contributed by atoms with van der Waals surface area (Å²) in [6, 6.07) is 0. The van der Waals surface area contributed by atoms with Crippen LogP contribution in [-0.2, 0) is 9.53 Å². The van der Waals surface area contributed by atoms with Gasteiger partial charge < -0.3 is 15.0 Å². The van der Waals surface area contributed by atoms with Crippen molar-refractivity contribution in [3.8, 4) is 0 Å². The van der Waals surface area contributed by atoms with E-state index < -0.39 is 0 Å². The number of methoxy groups -OCH3 is 1. The van der Waals surface area contributed by atoms with E-state index in [9.17, 15) is 4.79 Å². The van der Waals surface area contributed by atoms with Gasteiger partial charge in [0.25, 0.3) is 0 Å². The first kappa shape index (κ1) is 13.5. The van der Waals surface area contributed by atoms with E-state index in [1.807, 2.05) is 0 Å². The number of carbonyl (C=O) groups is 1. The molecule has 4 heteroatoms. The van der Waals surface area contributed by atoms with Crippen LogP contribution < -0.4 is 5.32 Å². The van der Waals surface area contributed by atoms with E-state index in [4.69, 9.17) is 4.74 Å². The summed E-state index contributed by atoms with van der Waals surface area (Å²) in [6.45, 7) is 4.23. The second kappa shape index (κ2) is 7.63. The third-order valence-corrected chi connectivity index (χ3v) is 3.28. The molecule has 0 aliphatic carbocycles. The second-order valence-electron chi connectivity index (χ2n) is 4.51. The van der Waals surface area contributed by atoms with E-state index in [0.29, 0.717) is 12.3 Å². The Morgan fingerprint density at radius 2 is 2.12 bits per heavy atom. The molecule has 94 valence electrons. The number of hydrogen-bond acceptors (Lipinski definition) is 3. The van der Waals surface area contributed by atoms with E-state index in [0.717, 1.165) is 45.5 Å². The molecule has 1 rings (SSSR count). The van der Waals surface area contributed by atoms with Crippen LogP contribution in [0.4, 0.5) is 0 Å². The summed E-state index contributed by atoms with van der Waals surface area (Å²) < 4.78 is 5.04. The minimum atomic E-state index is 0.179. The highest BCUT2D eigenvalue weighted by Gasteiger charge is 2.20. The number of hydrogen-bond donors (Lipinski definition) is 1. The molecule has 0 aromatic rings. The second-order valence-corrected chi connectivity index (χ2v) is 4.51. The molecule has 1 heterocycles. The molecule has 0 unspecified atom stereocenters. The summed E-state index contributed by atoms with van der Waals surface area (Å²) in [6.07, 6.45) is 4.11. The lowest BCUT2D eigenvalue weighted by atomic mass is 9.93. The number of carbonyl (C=O) groups excluding carboxylic acids is 1. The van der Waals surface area contributed by atoms with Crippen molar-refractivity contribution >= 4 is 5.91 Å². The third-order valence-electron chi connectivity index (χ3n) is 3.28. The van der Waals surface area contributed by atoms with E-state index in [-0.39, 0.29) is 5.91 Å². The molecule has 0 saturated carbocycles. The predicted molar refractivity (Wildman–Crippen MR) is 64.3 cm³/mol. The Labute approximate surface area is 98.3 Å². The molecule has 1 fully saturated rings. The first-order chi connectivity index (χ1) is 7.76. The Kier molecular flexibility index (Phi) is 6.42. The maximum absolute atomic E-state index is 11.2. The van der Waals surface area contributed by atoms with Gasteiger partial charge in [-0.3, -0.25) is 4.79 Å². The Balaban J connectivity index is 2.11. The molecular formula is C12H24N2O2. The summed E-state index contributed by atoms with van der Waals surface area (Å²) in [5, 5.41) is 2.70. The number of amides is 1. The highest BCUT2D eigenvalue weighted by molar-refractivity contribution is 5.75. The van der Waals surface area contributed by atoms with Gasteiger partial charge in [0.1, 0.15) is 0 Å². The van der Waals surface area contributed by atoms with Gasteiger partial charge in [-0.15, -0.1) is 0 Å². The summed E-state index contributed by atoms with van der Waals surface area (Å²) >= 11 is 0. The minimum Gasteiger partial charge on any atom is -0.385 e. The average molecular weight is 228 g/mol. The number of nitrogens with zero attached hydrogens (tertiary/aromatic N) is 1. The van der Waals surface area contributed by atoms with Crippen LogP contribution in [0.25, 0.3) is 0 Å². The van der Waals surface area contributed by atoms with Crippen LogP contribution in [-0.4, -0.2) is 51.2 Å². The normalized spacial score (nSPS) is 18.6. The molecule has 1 saturated heterocycles. The van der Waals surface area contributed by atoms with E-state index in [1.165, 1.54) is 0 Å². The van der Waals surface area contributed by atoms with Crippen molar-refractivity contribution in [3.63, 3.8) is 0 Å². The van der Waals surface area contributed by atoms with Crippen molar-refractivity contribution < 1.29 is 9.53 Å². The number of ether oxygens (including phenoxy) is 1. The fourth-order valence-corrected chi connectivity index (χ4v) is 2.21. The molecule has 1 aliphatic rings. The fraction of sp³-hybridized carbons (Fsp3) is 0.917. The molecule has 16 heavy (non-hydrogen) atoms. The highest BCUT2D eigenvalue weighted by atomic mass is 16.5. The van der Waals surface area contributed by atoms with E-state index in [1.54, 1.807) is 14.2 Å². The van der Waals surface area contributed by atoms with Gasteiger partial charge >= 0.3 is 0 Å². The molecule has 0 spiro atoms. The summed E-state index contributed by atoms with van der Waals surface area (Å²) in [4.78, 5) is 13.7. The van der Waals surface area contributed by atoms with Crippen molar-refractivity contribution in [3.05, 3.63) is 0 Å². The van der Waals surface area contributed by atoms with Crippen LogP contribution in [0, 0.1) is 5.92 Å². The Morgan fingerprint density at radius 3 is 2.69 bits per heavy atom. The van der Waals surface area contributed by atoms with Crippen LogP contribution in [0.3, 0.4) is 0 Å². The zero-order valence-electron chi connectivity index (χ0n) is 10.5. The molecular weight excluding hydrogens is 204 g/mol. The van der Waals surface area contributed by atoms with Gasteiger partial charge in [0, 0.05) is 33.7 Å². The fourth-order valence-electron chi connectivity index (χ4n) is 2.21. The predicted octanol–water partition coefficient (Wildman–Crippen LogP) is 0.871. The molecule has 1 amide bonds. The zero-order valence-corrected chi connectivity index (χ0v) is 10.5. The lowest BCUT2D eigenvalue weighted by Gasteiger charge is -2.31. The maximum atomic E-state index is 11.2. The smallest absolute Gasteiger partial charge is 0.220 e. The SMILES string of the molecule is CNC(=O)CC1CCN(CCCOC)CC1. The van der Waals surface area contributed by atoms with Gasteiger partial charge in [-0.25, -0.2) is 0 Å². The topological polar surface area (TPSA) is 41.6 Å². The molecule has 1 N–H and O–H groups in total.